The van der Waals surface area contributed by atoms with Crippen molar-refractivity contribution in [2.24, 2.45) is 0 Å². The molecule has 0 aliphatic carbocycles. The fourth-order valence-electron chi connectivity index (χ4n) is 1.79. The first-order valence-corrected chi connectivity index (χ1v) is 8.42. The normalized spacial score (nSPS) is 10.1. The van der Waals surface area contributed by atoms with Crippen molar-refractivity contribution in [2.75, 3.05) is 11.9 Å². The Morgan fingerprint density at radius 1 is 1.18 bits per heavy atom. The van der Waals surface area contributed by atoms with E-state index in [1.807, 2.05) is 22.6 Å². The number of anilines is 1. The summed E-state index contributed by atoms with van der Waals surface area (Å²) >= 11 is 5.36. The molecule has 2 aromatic rings. The summed E-state index contributed by atoms with van der Waals surface area (Å²) in [5.74, 6) is -0.627. The number of hydrogen-bond donors (Lipinski definition) is 1. The van der Waals surface area contributed by atoms with E-state index in [0.717, 1.165) is 4.47 Å². The van der Waals surface area contributed by atoms with Gasteiger partial charge in [0, 0.05) is 10.0 Å². The predicted molar refractivity (Wildman–Crippen MR) is 97.2 cm³/mol. The van der Waals surface area contributed by atoms with E-state index in [1.165, 1.54) is 0 Å². The van der Waals surface area contributed by atoms with Gasteiger partial charge < -0.3 is 10.1 Å². The van der Waals surface area contributed by atoms with Gasteiger partial charge in [-0.2, -0.15) is 0 Å². The van der Waals surface area contributed by atoms with Crippen LogP contribution in [0.5, 0.6) is 0 Å². The van der Waals surface area contributed by atoms with Crippen molar-refractivity contribution in [1.82, 2.24) is 0 Å². The number of benzene rings is 2. The summed E-state index contributed by atoms with van der Waals surface area (Å²) in [4.78, 5) is 24.1. The lowest BCUT2D eigenvalue weighted by Crippen LogP contribution is -2.14. The lowest BCUT2D eigenvalue weighted by Gasteiger charge is -2.11. The summed E-state index contributed by atoms with van der Waals surface area (Å²) in [5.41, 5.74) is 1.57. The Morgan fingerprint density at radius 2 is 1.86 bits per heavy atom. The highest BCUT2D eigenvalue weighted by Gasteiger charge is 2.15. The SMILES string of the molecule is CCOC(=O)c1cccc(NC(=O)c2ccc(Br)cc2)c1I. The van der Waals surface area contributed by atoms with Crippen molar-refractivity contribution in [3.63, 3.8) is 0 Å². The molecule has 6 heteroatoms. The number of halogens is 2. The van der Waals surface area contributed by atoms with E-state index < -0.39 is 5.97 Å². The van der Waals surface area contributed by atoms with Gasteiger partial charge in [-0.15, -0.1) is 0 Å². The van der Waals surface area contributed by atoms with Crippen molar-refractivity contribution in [3.05, 3.63) is 61.6 Å². The van der Waals surface area contributed by atoms with E-state index in [0.29, 0.717) is 27.0 Å². The van der Waals surface area contributed by atoms with E-state index in [9.17, 15) is 9.59 Å². The lowest BCUT2D eigenvalue weighted by molar-refractivity contribution is 0.0525. The Kier molecular flexibility index (Phi) is 5.96. The maximum atomic E-state index is 12.2. The summed E-state index contributed by atoms with van der Waals surface area (Å²) in [7, 11) is 0. The van der Waals surface area contributed by atoms with E-state index in [4.69, 9.17) is 4.74 Å². The van der Waals surface area contributed by atoms with Crippen molar-refractivity contribution in [1.29, 1.82) is 0 Å². The van der Waals surface area contributed by atoms with Gasteiger partial charge >= 0.3 is 5.97 Å². The van der Waals surface area contributed by atoms with Crippen LogP contribution >= 0.6 is 38.5 Å². The highest BCUT2D eigenvalue weighted by atomic mass is 127. The van der Waals surface area contributed by atoms with Gasteiger partial charge in [0.2, 0.25) is 0 Å². The second-order valence-electron chi connectivity index (χ2n) is 4.35. The molecule has 114 valence electrons. The van der Waals surface area contributed by atoms with Gasteiger partial charge in [0.1, 0.15) is 0 Å². The minimum absolute atomic E-state index is 0.230. The highest BCUT2D eigenvalue weighted by molar-refractivity contribution is 14.1. The molecule has 4 nitrogen and oxygen atoms in total. The zero-order chi connectivity index (χ0) is 16.1. The average molecular weight is 474 g/mol. The van der Waals surface area contributed by atoms with Crippen molar-refractivity contribution in [3.8, 4) is 0 Å². The number of carbonyl (C=O) groups excluding carboxylic acids is 2. The van der Waals surface area contributed by atoms with E-state index in [2.05, 4.69) is 21.2 Å². The summed E-state index contributed by atoms with van der Waals surface area (Å²) < 4.78 is 6.57. The first-order chi connectivity index (χ1) is 10.5. The van der Waals surface area contributed by atoms with E-state index in [1.54, 1.807) is 49.4 Å². The van der Waals surface area contributed by atoms with Gasteiger partial charge in [-0.1, -0.05) is 22.0 Å². The molecule has 0 aliphatic rings. The van der Waals surface area contributed by atoms with Crippen LogP contribution in [0.2, 0.25) is 0 Å². The molecule has 0 bridgehead atoms. The van der Waals surface area contributed by atoms with Crippen LogP contribution in [0.3, 0.4) is 0 Å². The Balaban J connectivity index is 2.22. The maximum Gasteiger partial charge on any atom is 0.339 e. The standard InChI is InChI=1S/C16H13BrINO3/c1-2-22-16(21)12-4-3-5-13(14(12)18)19-15(20)10-6-8-11(17)9-7-10/h3-9H,2H2,1H3,(H,19,20). The van der Waals surface area contributed by atoms with Crippen LogP contribution < -0.4 is 5.32 Å². The van der Waals surface area contributed by atoms with Gasteiger partial charge in [-0.3, -0.25) is 4.79 Å². The zero-order valence-electron chi connectivity index (χ0n) is 11.7. The van der Waals surface area contributed by atoms with Gasteiger partial charge in [0.15, 0.2) is 0 Å². The summed E-state index contributed by atoms with van der Waals surface area (Å²) in [6.07, 6.45) is 0. The molecule has 0 spiro atoms. The van der Waals surface area contributed by atoms with Crippen LogP contribution in [-0.4, -0.2) is 18.5 Å². The second-order valence-corrected chi connectivity index (χ2v) is 6.34. The number of ether oxygens (including phenoxy) is 1. The largest absolute Gasteiger partial charge is 0.462 e. The first kappa shape index (κ1) is 17.0. The number of amides is 1. The van der Waals surface area contributed by atoms with Crippen molar-refractivity contribution >= 4 is 56.1 Å². The summed E-state index contributed by atoms with van der Waals surface area (Å²) in [6.45, 7) is 2.06. The lowest BCUT2D eigenvalue weighted by atomic mass is 10.1. The quantitative estimate of drug-likeness (QED) is 0.526. The summed E-state index contributed by atoms with van der Waals surface area (Å²) in [5, 5.41) is 2.81. The third kappa shape index (κ3) is 4.07. The third-order valence-corrected chi connectivity index (χ3v) is 4.54. The smallest absolute Gasteiger partial charge is 0.339 e. The van der Waals surface area contributed by atoms with Crippen LogP contribution in [0.1, 0.15) is 27.6 Å². The van der Waals surface area contributed by atoms with Crippen LogP contribution in [0, 0.1) is 3.57 Å². The van der Waals surface area contributed by atoms with Crippen LogP contribution in [0.4, 0.5) is 5.69 Å². The molecular formula is C16H13BrINO3. The van der Waals surface area contributed by atoms with Crippen LogP contribution in [0.15, 0.2) is 46.9 Å². The Labute approximate surface area is 150 Å². The fraction of sp³-hybridized carbons (Fsp3) is 0.125. The molecular weight excluding hydrogens is 461 g/mol. The number of hydrogen-bond acceptors (Lipinski definition) is 3. The molecule has 0 radical (unpaired) electrons. The van der Waals surface area contributed by atoms with Gasteiger partial charge in [-0.25, -0.2) is 4.79 Å². The maximum absolute atomic E-state index is 12.2. The Bertz CT molecular complexity index is 701. The molecule has 0 unspecified atom stereocenters. The third-order valence-electron chi connectivity index (χ3n) is 2.85. The van der Waals surface area contributed by atoms with Crippen molar-refractivity contribution < 1.29 is 14.3 Å². The van der Waals surface area contributed by atoms with Crippen molar-refractivity contribution in [2.45, 2.75) is 6.92 Å². The Hall–Kier alpha value is -1.41. The number of carbonyl (C=O) groups is 2. The minimum atomic E-state index is -0.397. The molecule has 0 aromatic heterocycles. The van der Waals surface area contributed by atoms with Crippen LogP contribution in [0.25, 0.3) is 0 Å². The topological polar surface area (TPSA) is 55.4 Å². The molecule has 0 aliphatic heterocycles. The highest BCUT2D eigenvalue weighted by Crippen LogP contribution is 2.24. The molecule has 1 N–H and O–H groups in total. The monoisotopic (exact) mass is 473 g/mol. The van der Waals surface area contributed by atoms with Gasteiger partial charge in [0.25, 0.3) is 5.91 Å². The second kappa shape index (κ2) is 7.73. The first-order valence-electron chi connectivity index (χ1n) is 6.55. The number of rotatable bonds is 4. The summed E-state index contributed by atoms with van der Waals surface area (Å²) in [6, 6.07) is 12.2. The number of esters is 1. The van der Waals surface area contributed by atoms with Gasteiger partial charge in [0.05, 0.1) is 21.4 Å². The molecule has 1 amide bonds. The molecule has 0 saturated carbocycles. The van der Waals surface area contributed by atoms with Crippen LogP contribution in [-0.2, 0) is 4.74 Å². The van der Waals surface area contributed by atoms with E-state index >= 15 is 0 Å². The minimum Gasteiger partial charge on any atom is -0.462 e. The molecule has 0 heterocycles. The van der Waals surface area contributed by atoms with E-state index in [-0.39, 0.29) is 5.91 Å². The zero-order valence-corrected chi connectivity index (χ0v) is 15.5. The van der Waals surface area contributed by atoms with Gasteiger partial charge in [-0.05, 0) is 65.9 Å². The predicted octanol–water partition coefficient (Wildman–Crippen LogP) is 4.48. The molecule has 2 rings (SSSR count). The molecule has 22 heavy (non-hydrogen) atoms. The molecule has 0 saturated heterocycles. The molecule has 2 aromatic carbocycles. The molecule has 0 atom stereocenters. The Morgan fingerprint density at radius 3 is 2.50 bits per heavy atom. The number of nitrogens with one attached hydrogen (secondary N) is 1. The average Bonchev–Trinajstić information content (AvgIpc) is 2.50. The fourth-order valence-corrected chi connectivity index (χ4v) is 2.77. The molecule has 0 fully saturated rings.